The van der Waals surface area contributed by atoms with Gasteiger partial charge in [-0.25, -0.2) is 4.79 Å². The van der Waals surface area contributed by atoms with Crippen molar-refractivity contribution in [3.8, 4) is 0 Å². The van der Waals surface area contributed by atoms with Gasteiger partial charge in [-0.1, -0.05) is 12.1 Å². The second-order valence-corrected chi connectivity index (χ2v) is 11.4. The molecule has 0 aromatic heterocycles. The van der Waals surface area contributed by atoms with E-state index in [1.807, 2.05) is 0 Å². The third kappa shape index (κ3) is 4.24. The van der Waals surface area contributed by atoms with Gasteiger partial charge in [-0.05, 0) is 105 Å². The Bertz CT molecular complexity index is 1200. The zero-order valence-electron chi connectivity index (χ0n) is 21.2. The third-order valence-corrected chi connectivity index (χ3v) is 8.84. The summed E-state index contributed by atoms with van der Waals surface area (Å²) in [4.78, 5) is 55.1. The Morgan fingerprint density at radius 3 is 1.95 bits per heavy atom. The number of carbonyl (C=O) groups excluding carboxylic acids is 4. The van der Waals surface area contributed by atoms with Crippen molar-refractivity contribution in [3.63, 3.8) is 0 Å². The lowest BCUT2D eigenvalue weighted by molar-refractivity contribution is -0.127. The van der Waals surface area contributed by atoms with Gasteiger partial charge in [-0.2, -0.15) is 0 Å². The molecule has 192 valence electrons. The molecule has 3 amide bonds. The summed E-state index contributed by atoms with van der Waals surface area (Å²) in [6.07, 6.45) is 7.57. The lowest BCUT2D eigenvalue weighted by atomic mass is 9.49. The van der Waals surface area contributed by atoms with Gasteiger partial charge in [0.1, 0.15) is 6.67 Å². The van der Waals surface area contributed by atoms with Gasteiger partial charge in [-0.15, -0.1) is 0 Å². The highest BCUT2D eigenvalue weighted by molar-refractivity contribution is 6.21. The van der Waals surface area contributed by atoms with E-state index in [2.05, 4.69) is 0 Å². The number of esters is 1. The van der Waals surface area contributed by atoms with Crippen molar-refractivity contribution in [1.82, 2.24) is 4.90 Å². The maximum Gasteiger partial charge on any atom is 0.338 e. The number of nitrogens with zero attached hydrogens (tertiary/aromatic N) is 2. The number of imide groups is 1. The first-order valence-corrected chi connectivity index (χ1v) is 13.4. The number of amides is 3. The van der Waals surface area contributed by atoms with Crippen LogP contribution in [0.15, 0.2) is 48.5 Å². The fourth-order valence-corrected chi connectivity index (χ4v) is 7.73. The predicted octanol–water partition coefficient (Wildman–Crippen LogP) is 5.06. The van der Waals surface area contributed by atoms with Gasteiger partial charge in [0.05, 0.1) is 23.3 Å². The number of rotatable bonds is 7. The summed E-state index contributed by atoms with van der Waals surface area (Å²) in [5, 5.41) is 0. The highest BCUT2D eigenvalue weighted by atomic mass is 16.5. The molecule has 4 fully saturated rings. The van der Waals surface area contributed by atoms with Crippen LogP contribution >= 0.6 is 0 Å². The van der Waals surface area contributed by atoms with Crippen LogP contribution in [0.1, 0.15) is 82.9 Å². The second-order valence-electron chi connectivity index (χ2n) is 11.4. The van der Waals surface area contributed by atoms with E-state index in [1.165, 1.54) is 19.3 Å². The Hall–Kier alpha value is -3.48. The molecule has 4 bridgehead atoms. The van der Waals surface area contributed by atoms with Crippen molar-refractivity contribution < 1.29 is 23.9 Å². The standard InChI is InChI=1S/C30H32N2O5/c1-2-37-29(36)22-7-9-23(10-8-22)31(18-32-27(34)24-5-3-4-6-25(24)28(32)35)26(33)17-30-14-19-11-20(15-30)13-21(12-19)16-30/h3-10,19-21H,2,11-18H2,1H3. The molecule has 1 heterocycles. The summed E-state index contributed by atoms with van der Waals surface area (Å²) in [5.74, 6) is 0.851. The lowest BCUT2D eigenvalue weighted by Crippen LogP contribution is -2.50. The summed E-state index contributed by atoms with van der Waals surface area (Å²) in [6.45, 7) is 1.87. The Morgan fingerprint density at radius 1 is 0.892 bits per heavy atom. The Kier molecular flexibility index (Phi) is 5.89. The molecule has 0 atom stereocenters. The number of carbonyl (C=O) groups is 4. The number of ether oxygens (including phenoxy) is 1. The SMILES string of the molecule is CCOC(=O)c1ccc(N(CN2C(=O)c3ccccc3C2=O)C(=O)CC23CC4CC(CC(C4)C2)C3)cc1. The normalized spacial score (nSPS) is 27.4. The highest BCUT2D eigenvalue weighted by Crippen LogP contribution is 2.61. The van der Waals surface area contributed by atoms with Crippen LogP contribution in [-0.2, 0) is 9.53 Å². The molecule has 7 rings (SSSR count). The molecule has 0 unspecified atom stereocenters. The first-order chi connectivity index (χ1) is 17.9. The lowest BCUT2D eigenvalue weighted by Gasteiger charge is -2.57. The number of hydrogen-bond donors (Lipinski definition) is 0. The minimum Gasteiger partial charge on any atom is -0.462 e. The molecular formula is C30H32N2O5. The van der Waals surface area contributed by atoms with Gasteiger partial charge in [0, 0.05) is 12.1 Å². The molecule has 0 spiro atoms. The topological polar surface area (TPSA) is 84.0 Å². The molecule has 2 aromatic carbocycles. The maximum absolute atomic E-state index is 14.0. The molecule has 4 saturated carbocycles. The second kappa shape index (κ2) is 9.12. The van der Waals surface area contributed by atoms with Gasteiger partial charge in [0.25, 0.3) is 11.8 Å². The van der Waals surface area contributed by atoms with Crippen molar-refractivity contribution in [2.45, 2.75) is 51.9 Å². The largest absolute Gasteiger partial charge is 0.462 e. The summed E-state index contributed by atoms with van der Waals surface area (Å²) < 4.78 is 5.09. The first kappa shape index (κ1) is 23.9. The van der Waals surface area contributed by atoms with Crippen molar-refractivity contribution in [1.29, 1.82) is 0 Å². The minimum atomic E-state index is -0.430. The van der Waals surface area contributed by atoms with E-state index in [0.717, 1.165) is 24.2 Å². The molecule has 2 aromatic rings. The van der Waals surface area contributed by atoms with Crippen LogP contribution in [0.5, 0.6) is 0 Å². The molecule has 1 aliphatic heterocycles. The Labute approximate surface area is 216 Å². The average Bonchev–Trinajstić information content (AvgIpc) is 3.11. The van der Waals surface area contributed by atoms with Crippen LogP contribution < -0.4 is 4.90 Å². The van der Waals surface area contributed by atoms with E-state index in [9.17, 15) is 19.2 Å². The van der Waals surface area contributed by atoms with Crippen molar-refractivity contribution in [3.05, 3.63) is 65.2 Å². The Balaban J connectivity index is 1.29. The van der Waals surface area contributed by atoms with Crippen LogP contribution in [0.3, 0.4) is 0 Å². The number of fused-ring (bicyclic) bond motifs is 1. The average molecular weight is 501 g/mol. The van der Waals surface area contributed by atoms with E-state index < -0.39 is 17.8 Å². The molecule has 5 aliphatic rings. The Morgan fingerprint density at radius 2 is 1.43 bits per heavy atom. The summed E-state index contributed by atoms with van der Waals surface area (Å²) >= 11 is 0. The van der Waals surface area contributed by atoms with E-state index >= 15 is 0 Å². The minimum absolute atomic E-state index is 0.0109. The molecule has 37 heavy (non-hydrogen) atoms. The maximum atomic E-state index is 14.0. The van der Waals surface area contributed by atoms with E-state index in [-0.39, 0.29) is 24.6 Å². The molecule has 0 saturated heterocycles. The summed E-state index contributed by atoms with van der Waals surface area (Å²) in [5.41, 5.74) is 1.67. The predicted molar refractivity (Wildman–Crippen MR) is 137 cm³/mol. The quantitative estimate of drug-likeness (QED) is 0.392. The zero-order valence-corrected chi connectivity index (χ0v) is 21.2. The smallest absolute Gasteiger partial charge is 0.338 e. The molecule has 0 N–H and O–H groups in total. The first-order valence-electron chi connectivity index (χ1n) is 13.4. The van der Waals surface area contributed by atoms with Gasteiger partial charge in [0.2, 0.25) is 5.91 Å². The zero-order chi connectivity index (χ0) is 25.7. The number of benzene rings is 2. The fourth-order valence-electron chi connectivity index (χ4n) is 7.73. The van der Waals surface area contributed by atoms with Crippen LogP contribution in [0.4, 0.5) is 5.69 Å². The van der Waals surface area contributed by atoms with Crippen LogP contribution in [0.2, 0.25) is 0 Å². The molecule has 7 heteroatoms. The van der Waals surface area contributed by atoms with Crippen molar-refractivity contribution >= 4 is 29.4 Å². The van der Waals surface area contributed by atoms with Gasteiger partial charge in [0.15, 0.2) is 0 Å². The summed E-state index contributed by atoms with van der Waals surface area (Å²) in [7, 11) is 0. The van der Waals surface area contributed by atoms with Crippen LogP contribution in [0.25, 0.3) is 0 Å². The van der Waals surface area contributed by atoms with Gasteiger partial charge < -0.3 is 4.74 Å². The summed E-state index contributed by atoms with van der Waals surface area (Å²) in [6, 6.07) is 13.4. The molecule has 0 radical (unpaired) electrons. The van der Waals surface area contributed by atoms with Crippen molar-refractivity contribution in [2.75, 3.05) is 18.2 Å². The monoisotopic (exact) mass is 500 g/mol. The van der Waals surface area contributed by atoms with E-state index in [4.69, 9.17) is 4.74 Å². The molecular weight excluding hydrogens is 468 g/mol. The number of anilines is 1. The van der Waals surface area contributed by atoms with Crippen LogP contribution in [0, 0.1) is 23.2 Å². The fraction of sp³-hybridized carbons (Fsp3) is 0.467. The van der Waals surface area contributed by atoms with Crippen molar-refractivity contribution in [2.24, 2.45) is 23.2 Å². The van der Waals surface area contributed by atoms with Gasteiger partial charge in [-0.3, -0.25) is 24.2 Å². The molecule has 7 nitrogen and oxygen atoms in total. The van der Waals surface area contributed by atoms with E-state index in [1.54, 1.807) is 60.4 Å². The third-order valence-electron chi connectivity index (χ3n) is 8.84. The van der Waals surface area contributed by atoms with Gasteiger partial charge >= 0.3 is 5.97 Å². The molecule has 4 aliphatic carbocycles. The number of hydrogen-bond acceptors (Lipinski definition) is 5. The highest BCUT2D eigenvalue weighted by Gasteiger charge is 2.52. The van der Waals surface area contributed by atoms with E-state index in [0.29, 0.717) is 46.6 Å². The van der Waals surface area contributed by atoms with Crippen LogP contribution in [-0.4, -0.2) is 41.9 Å².